The highest BCUT2D eigenvalue weighted by Crippen LogP contribution is 2.31. The number of oxazole rings is 1. The maximum atomic E-state index is 12.0. The summed E-state index contributed by atoms with van der Waals surface area (Å²) < 4.78 is 33.1. The zero-order valence-electron chi connectivity index (χ0n) is 14.7. The fourth-order valence-electron chi connectivity index (χ4n) is 3.27. The van der Waals surface area contributed by atoms with E-state index < -0.39 is 10.0 Å². The zero-order chi connectivity index (χ0) is 18.3. The van der Waals surface area contributed by atoms with Crippen molar-refractivity contribution in [3.8, 4) is 11.6 Å². The van der Waals surface area contributed by atoms with Crippen LogP contribution in [-0.4, -0.2) is 40.3 Å². The average Bonchev–Trinajstić information content (AvgIpc) is 3.19. The molecule has 0 atom stereocenters. The van der Waals surface area contributed by atoms with Crippen molar-refractivity contribution >= 4 is 10.0 Å². The van der Waals surface area contributed by atoms with Gasteiger partial charge >= 0.3 is 0 Å². The summed E-state index contributed by atoms with van der Waals surface area (Å²) in [5.41, 5.74) is 3.68. The summed E-state index contributed by atoms with van der Waals surface area (Å²) in [6.45, 7) is 3.20. The third-order valence-electron chi connectivity index (χ3n) is 4.57. The predicted octanol–water partition coefficient (Wildman–Crippen LogP) is 2.21. The van der Waals surface area contributed by atoms with Gasteiger partial charge in [0.15, 0.2) is 5.69 Å². The molecule has 0 N–H and O–H groups in total. The highest BCUT2D eigenvalue weighted by molar-refractivity contribution is 7.88. The van der Waals surface area contributed by atoms with Crippen LogP contribution in [-0.2, 0) is 29.5 Å². The number of hydrogen-bond acceptors (Lipinski definition) is 5. The molecule has 0 saturated heterocycles. The third-order valence-corrected chi connectivity index (χ3v) is 5.82. The van der Waals surface area contributed by atoms with Crippen LogP contribution in [0.15, 0.2) is 40.9 Å². The van der Waals surface area contributed by atoms with Crippen molar-refractivity contribution in [1.82, 2.24) is 19.1 Å². The molecule has 7 nitrogen and oxygen atoms in total. The van der Waals surface area contributed by atoms with Gasteiger partial charge in [0.05, 0.1) is 19.0 Å². The molecular weight excluding hydrogens is 352 g/mol. The number of nitrogens with zero attached hydrogens (tertiary/aromatic N) is 4. The standard InChI is InChI=1S/C18H20N4O3S/c1-13-10-19-18(25-13)17-15-12-21(26(2,23)24)9-8-16(15)22(20-17)11-14-6-4-3-5-7-14/h3-7,10H,8-9,11-12H2,1-2H3. The molecule has 0 aliphatic carbocycles. The Morgan fingerprint density at radius 2 is 2.00 bits per heavy atom. The Balaban J connectivity index is 1.79. The van der Waals surface area contributed by atoms with Crippen molar-refractivity contribution in [3.63, 3.8) is 0 Å². The molecule has 0 fully saturated rings. The molecule has 0 unspecified atom stereocenters. The lowest BCUT2D eigenvalue weighted by molar-refractivity contribution is 0.388. The van der Waals surface area contributed by atoms with E-state index in [4.69, 9.17) is 9.52 Å². The molecule has 3 heterocycles. The molecule has 8 heteroatoms. The van der Waals surface area contributed by atoms with Crippen LogP contribution in [0.25, 0.3) is 11.6 Å². The number of rotatable bonds is 4. The summed E-state index contributed by atoms with van der Waals surface area (Å²) in [5, 5.41) is 4.73. The fraction of sp³-hybridized carbons (Fsp3) is 0.333. The first kappa shape index (κ1) is 17.0. The Labute approximate surface area is 152 Å². The molecule has 0 bridgehead atoms. The minimum absolute atomic E-state index is 0.291. The van der Waals surface area contributed by atoms with Crippen LogP contribution in [0.4, 0.5) is 0 Å². The monoisotopic (exact) mass is 372 g/mol. The van der Waals surface area contributed by atoms with Gasteiger partial charge in [-0.15, -0.1) is 0 Å². The van der Waals surface area contributed by atoms with Crippen molar-refractivity contribution in [2.45, 2.75) is 26.4 Å². The number of aromatic nitrogens is 3. The first-order valence-electron chi connectivity index (χ1n) is 8.42. The first-order chi connectivity index (χ1) is 12.4. The van der Waals surface area contributed by atoms with Gasteiger partial charge < -0.3 is 4.42 Å². The predicted molar refractivity (Wildman–Crippen MR) is 97.0 cm³/mol. The van der Waals surface area contributed by atoms with Gasteiger partial charge in [-0.2, -0.15) is 9.40 Å². The molecule has 0 amide bonds. The topological polar surface area (TPSA) is 81.2 Å². The SMILES string of the molecule is Cc1cnc(-c2nn(Cc3ccccc3)c3c2CN(S(C)(=O)=O)CC3)o1. The average molecular weight is 372 g/mol. The largest absolute Gasteiger partial charge is 0.440 e. The molecule has 1 aliphatic rings. The molecule has 1 aromatic carbocycles. The number of hydrogen-bond donors (Lipinski definition) is 0. The van der Waals surface area contributed by atoms with E-state index in [2.05, 4.69) is 17.1 Å². The highest BCUT2D eigenvalue weighted by Gasteiger charge is 2.31. The van der Waals surface area contributed by atoms with Gasteiger partial charge in [0.25, 0.3) is 0 Å². The van der Waals surface area contributed by atoms with Gasteiger partial charge in [-0.05, 0) is 12.5 Å². The molecular formula is C18H20N4O3S. The van der Waals surface area contributed by atoms with E-state index in [-0.39, 0.29) is 0 Å². The van der Waals surface area contributed by atoms with Gasteiger partial charge in [0, 0.05) is 30.8 Å². The summed E-state index contributed by atoms with van der Waals surface area (Å²) in [4.78, 5) is 4.29. The van der Waals surface area contributed by atoms with Gasteiger partial charge in [0.1, 0.15) is 5.76 Å². The van der Waals surface area contributed by atoms with Crippen molar-refractivity contribution in [2.24, 2.45) is 0 Å². The van der Waals surface area contributed by atoms with Crippen LogP contribution in [0.2, 0.25) is 0 Å². The van der Waals surface area contributed by atoms with E-state index in [1.807, 2.05) is 29.8 Å². The zero-order valence-corrected chi connectivity index (χ0v) is 15.5. The molecule has 2 aromatic heterocycles. The second-order valence-electron chi connectivity index (χ2n) is 6.54. The van der Waals surface area contributed by atoms with Crippen molar-refractivity contribution < 1.29 is 12.8 Å². The summed E-state index contributed by atoms with van der Waals surface area (Å²) in [7, 11) is -3.27. The normalized spacial score (nSPS) is 15.2. The fourth-order valence-corrected chi connectivity index (χ4v) is 4.06. The summed E-state index contributed by atoms with van der Waals surface area (Å²) in [6, 6.07) is 10.1. The van der Waals surface area contributed by atoms with E-state index >= 15 is 0 Å². The minimum Gasteiger partial charge on any atom is -0.440 e. The molecule has 4 rings (SSSR count). The van der Waals surface area contributed by atoms with Crippen molar-refractivity contribution in [1.29, 1.82) is 0 Å². The van der Waals surface area contributed by atoms with E-state index in [9.17, 15) is 8.42 Å². The smallest absolute Gasteiger partial charge is 0.247 e. The Morgan fingerprint density at radius 3 is 2.65 bits per heavy atom. The summed E-state index contributed by atoms with van der Waals surface area (Å²) in [6.07, 6.45) is 3.50. The lowest BCUT2D eigenvalue weighted by Crippen LogP contribution is -2.35. The van der Waals surface area contributed by atoms with Crippen LogP contribution in [0.3, 0.4) is 0 Å². The minimum atomic E-state index is -3.27. The second kappa shape index (κ2) is 6.37. The number of sulfonamides is 1. The van der Waals surface area contributed by atoms with Gasteiger partial charge in [-0.25, -0.2) is 13.4 Å². The van der Waals surface area contributed by atoms with Crippen LogP contribution < -0.4 is 0 Å². The Bertz CT molecular complexity index is 1040. The van der Waals surface area contributed by atoms with Crippen LogP contribution in [0.5, 0.6) is 0 Å². The quantitative estimate of drug-likeness (QED) is 0.701. The second-order valence-corrected chi connectivity index (χ2v) is 8.52. The molecule has 3 aromatic rings. The summed E-state index contributed by atoms with van der Waals surface area (Å²) >= 11 is 0. The Hall–Kier alpha value is -2.45. The van der Waals surface area contributed by atoms with E-state index in [0.29, 0.717) is 43.4 Å². The van der Waals surface area contributed by atoms with Gasteiger partial charge in [-0.1, -0.05) is 30.3 Å². The van der Waals surface area contributed by atoms with E-state index in [1.54, 1.807) is 6.20 Å². The lowest BCUT2D eigenvalue weighted by Gasteiger charge is -2.25. The van der Waals surface area contributed by atoms with E-state index in [0.717, 1.165) is 16.8 Å². The van der Waals surface area contributed by atoms with Gasteiger partial charge in [0.2, 0.25) is 15.9 Å². The van der Waals surface area contributed by atoms with Crippen molar-refractivity contribution in [2.75, 3.05) is 12.8 Å². The van der Waals surface area contributed by atoms with E-state index in [1.165, 1.54) is 10.6 Å². The summed E-state index contributed by atoms with van der Waals surface area (Å²) in [5.74, 6) is 1.13. The number of fused-ring (bicyclic) bond motifs is 1. The lowest BCUT2D eigenvalue weighted by atomic mass is 10.1. The molecule has 136 valence electrons. The molecule has 0 spiro atoms. The molecule has 0 radical (unpaired) electrons. The van der Waals surface area contributed by atoms with Crippen LogP contribution >= 0.6 is 0 Å². The Kier molecular flexibility index (Phi) is 4.16. The molecule has 26 heavy (non-hydrogen) atoms. The van der Waals surface area contributed by atoms with Gasteiger partial charge in [-0.3, -0.25) is 4.68 Å². The van der Waals surface area contributed by atoms with Crippen molar-refractivity contribution in [3.05, 3.63) is 59.1 Å². The molecule has 1 aliphatic heterocycles. The number of aryl methyl sites for hydroxylation is 1. The third kappa shape index (κ3) is 3.17. The Morgan fingerprint density at radius 1 is 1.23 bits per heavy atom. The maximum absolute atomic E-state index is 12.0. The number of benzene rings is 1. The van der Waals surface area contributed by atoms with Crippen LogP contribution in [0, 0.1) is 6.92 Å². The molecule has 0 saturated carbocycles. The van der Waals surface area contributed by atoms with Crippen LogP contribution in [0.1, 0.15) is 22.6 Å². The highest BCUT2D eigenvalue weighted by atomic mass is 32.2. The first-order valence-corrected chi connectivity index (χ1v) is 10.3. The maximum Gasteiger partial charge on any atom is 0.247 e.